The SMILES string of the molecule is Cc1cccc(COc2ccc(/C(O)=C3\C(=O)C(=O)N(c4nnc(C)s4)[C@@H]3c3ccccc3)cc2)c1. The third kappa shape index (κ3) is 4.50. The van der Waals surface area contributed by atoms with Crippen molar-refractivity contribution in [3.05, 3.63) is 112 Å². The molecule has 2 heterocycles. The Morgan fingerprint density at radius 2 is 1.72 bits per heavy atom. The van der Waals surface area contributed by atoms with Gasteiger partial charge in [0, 0.05) is 5.56 Å². The molecule has 0 radical (unpaired) electrons. The Hall–Kier alpha value is -4.30. The van der Waals surface area contributed by atoms with Crippen LogP contribution < -0.4 is 9.64 Å². The van der Waals surface area contributed by atoms with E-state index in [4.69, 9.17) is 4.74 Å². The van der Waals surface area contributed by atoms with E-state index in [1.807, 2.05) is 55.5 Å². The summed E-state index contributed by atoms with van der Waals surface area (Å²) < 4.78 is 5.87. The molecule has 1 amide bonds. The molecule has 36 heavy (non-hydrogen) atoms. The normalized spacial score (nSPS) is 16.9. The number of rotatable bonds is 6. The average molecular weight is 498 g/mol. The van der Waals surface area contributed by atoms with Gasteiger partial charge in [-0.2, -0.15) is 0 Å². The summed E-state index contributed by atoms with van der Waals surface area (Å²) in [7, 11) is 0. The largest absolute Gasteiger partial charge is 0.507 e. The minimum atomic E-state index is -0.823. The summed E-state index contributed by atoms with van der Waals surface area (Å²) >= 11 is 1.22. The van der Waals surface area contributed by atoms with Crippen LogP contribution in [0.25, 0.3) is 5.76 Å². The van der Waals surface area contributed by atoms with Gasteiger partial charge in [-0.1, -0.05) is 71.5 Å². The zero-order valence-electron chi connectivity index (χ0n) is 19.7. The van der Waals surface area contributed by atoms with Crippen molar-refractivity contribution >= 4 is 33.9 Å². The second-order valence-electron chi connectivity index (χ2n) is 8.49. The van der Waals surface area contributed by atoms with Crippen LogP contribution in [0.5, 0.6) is 5.75 Å². The second-order valence-corrected chi connectivity index (χ2v) is 9.65. The number of nitrogens with zero attached hydrogens (tertiary/aromatic N) is 3. The molecule has 3 aromatic carbocycles. The van der Waals surface area contributed by atoms with Crippen molar-refractivity contribution in [2.75, 3.05) is 4.90 Å². The van der Waals surface area contributed by atoms with Crippen LogP contribution in [0.3, 0.4) is 0 Å². The van der Waals surface area contributed by atoms with Gasteiger partial charge in [-0.05, 0) is 49.2 Å². The minimum Gasteiger partial charge on any atom is -0.507 e. The summed E-state index contributed by atoms with van der Waals surface area (Å²) in [6, 6.07) is 23.2. The molecular formula is C28H23N3O4S. The number of hydrogen-bond donors (Lipinski definition) is 1. The fourth-order valence-electron chi connectivity index (χ4n) is 4.20. The molecule has 0 saturated carbocycles. The topological polar surface area (TPSA) is 92.6 Å². The van der Waals surface area contributed by atoms with Crippen molar-refractivity contribution in [3.63, 3.8) is 0 Å². The highest BCUT2D eigenvalue weighted by atomic mass is 32.1. The number of aliphatic hydroxyl groups excluding tert-OH is 1. The predicted molar refractivity (Wildman–Crippen MR) is 138 cm³/mol. The molecule has 8 heteroatoms. The molecule has 1 aliphatic rings. The van der Waals surface area contributed by atoms with Crippen LogP contribution in [-0.2, 0) is 16.2 Å². The van der Waals surface area contributed by atoms with E-state index in [1.165, 1.54) is 16.2 Å². The summed E-state index contributed by atoms with van der Waals surface area (Å²) in [5.41, 5.74) is 3.31. The van der Waals surface area contributed by atoms with E-state index >= 15 is 0 Å². The van der Waals surface area contributed by atoms with Crippen LogP contribution in [0, 0.1) is 13.8 Å². The standard InChI is InChI=1S/C28H23N3O4S/c1-17-7-6-8-19(15-17)16-35-22-13-11-21(12-14-22)25(32)23-24(20-9-4-3-5-10-20)31(27(34)26(23)33)28-30-29-18(2)36-28/h3-15,24,32H,16H2,1-2H3/b25-23+/t24-/m1/s1. The Labute approximate surface area is 212 Å². The fraction of sp³-hybridized carbons (Fsp3) is 0.143. The van der Waals surface area contributed by atoms with E-state index in [0.29, 0.717) is 33.6 Å². The number of carbonyl (C=O) groups is 2. The van der Waals surface area contributed by atoms with Gasteiger partial charge in [0.1, 0.15) is 23.1 Å². The number of amides is 1. The number of anilines is 1. The lowest BCUT2D eigenvalue weighted by atomic mass is 9.95. The first-order valence-corrected chi connectivity index (χ1v) is 12.2. The smallest absolute Gasteiger partial charge is 0.301 e. The van der Waals surface area contributed by atoms with Gasteiger partial charge in [0.05, 0.1) is 11.6 Å². The lowest BCUT2D eigenvalue weighted by Gasteiger charge is -2.22. The first kappa shape index (κ1) is 23.4. The van der Waals surface area contributed by atoms with Gasteiger partial charge in [0.15, 0.2) is 0 Å². The maximum Gasteiger partial charge on any atom is 0.301 e. The lowest BCUT2D eigenvalue weighted by molar-refractivity contribution is -0.132. The first-order valence-electron chi connectivity index (χ1n) is 11.4. The number of hydrogen-bond acceptors (Lipinski definition) is 7. The molecule has 1 aromatic heterocycles. The number of Topliss-reactive ketones (excluding diaryl/α,β-unsaturated/α-hetero) is 1. The Morgan fingerprint density at radius 3 is 2.39 bits per heavy atom. The van der Waals surface area contributed by atoms with E-state index in [2.05, 4.69) is 16.3 Å². The molecule has 1 fully saturated rings. The molecular weight excluding hydrogens is 474 g/mol. The number of aromatic nitrogens is 2. The lowest BCUT2D eigenvalue weighted by Crippen LogP contribution is -2.29. The summed E-state index contributed by atoms with van der Waals surface area (Å²) in [6.45, 7) is 4.21. The van der Waals surface area contributed by atoms with Gasteiger partial charge < -0.3 is 9.84 Å². The molecule has 5 rings (SSSR count). The first-order chi connectivity index (χ1) is 17.4. The van der Waals surface area contributed by atoms with Crippen molar-refractivity contribution in [1.82, 2.24) is 10.2 Å². The Balaban J connectivity index is 1.48. The van der Waals surface area contributed by atoms with Gasteiger partial charge in [0.2, 0.25) is 5.13 Å². The van der Waals surface area contributed by atoms with Gasteiger partial charge in [0.25, 0.3) is 5.78 Å². The summed E-state index contributed by atoms with van der Waals surface area (Å²) in [4.78, 5) is 27.6. The zero-order valence-corrected chi connectivity index (χ0v) is 20.5. The summed E-state index contributed by atoms with van der Waals surface area (Å²) in [6.07, 6.45) is 0. The van der Waals surface area contributed by atoms with Crippen molar-refractivity contribution in [2.24, 2.45) is 0 Å². The number of carbonyl (C=O) groups excluding carboxylic acids is 2. The number of ether oxygens (including phenoxy) is 1. The van der Waals surface area contributed by atoms with Crippen molar-refractivity contribution < 1.29 is 19.4 Å². The van der Waals surface area contributed by atoms with Crippen LogP contribution in [0.15, 0.2) is 84.4 Å². The summed E-state index contributed by atoms with van der Waals surface area (Å²) in [5, 5.41) is 20.3. The molecule has 0 aliphatic carbocycles. The quantitative estimate of drug-likeness (QED) is 0.219. The Kier molecular flexibility index (Phi) is 6.35. The van der Waals surface area contributed by atoms with Crippen LogP contribution in [0.1, 0.15) is 33.3 Å². The van der Waals surface area contributed by atoms with Crippen molar-refractivity contribution in [1.29, 1.82) is 0 Å². The fourth-order valence-corrected chi connectivity index (χ4v) is 4.91. The van der Waals surface area contributed by atoms with Crippen molar-refractivity contribution in [3.8, 4) is 5.75 Å². The zero-order chi connectivity index (χ0) is 25.2. The Morgan fingerprint density at radius 1 is 0.972 bits per heavy atom. The molecule has 1 saturated heterocycles. The predicted octanol–water partition coefficient (Wildman–Crippen LogP) is 5.36. The van der Waals surface area contributed by atoms with Gasteiger partial charge >= 0.3 is 5.91 Å². The van der Waals surface area contributed by atoms with E-state index in [-0.39, 0.29) is 11.3 Å². The summed E-state index contributed by atoms with van der Waals surface area (Å²) in [5.74, 6) is -1.15. The monoisotopic (exact) mass is 497 g/mol. The molecule has 1 aliphatic heterocycles. The highest BCUT2D eigenvalue weighted by Gasteiger charge is 2.48. The van der Waals surface area contributed by atoms with Gasteiger partial charge in [-0.25, -0.2) is 0 Å². The van der Waals surface area contributed by atoms with E-state index in [1.54, 1.807) is 31.2 Å². The minimum absolute atomic E-state index is 0.00693. The van der Waals surface area contributed by atoms with Crippen LogP contribution in [-0.4, -0.2) is 27.0 Å². The third-order valence-electron chi connectivity index (χ3n) is 5.90. The Bertz CT molecular complexity index is 1460. The molecule has 180 valence electrons. The maximum absolute atomic E-state index is 13.2. The maximum atomic E-state index is 13.2. The van der Waals surface area contributed by atoms with Gasteiger partial charge in [-0.15, -0.1) is 10.2 Å². The molecule has 0 unspecified atom stereocenters. The number of aryl methyl sites for hydroxylation is 2. The number of benzene rings is 3. The average Bonchev–Trinajstić information content (AvgIpc) is 3.43. The third-order valence-corrected chi connectivity index (χ3v) is 6.73. The van der Waals surface area contributed by atoms with Crippen LogP contribution >= 0.6 is 11.3 Å². The van der Waals surface area contributed by atoms with E-state index in [9.17, 15) is 14.7 Å². The molecule has 1 atom stereocenters. The molecule has 4 aromatic rings. The van der Waals surface area contributed by atoms with Crippen LogP contribution in [0.4, 0.5) is 5.13 Å². The number of aliphatic hydroxyl groups is 1. The van der Waals surface area contributed by atoms with E-state index in [0.717, 1.165) is 11.1 Å². The second kappa shape index (κ2) is 9.75. The van der Waals surface area contributed by atoms with E-state index < -0.39 is 17.7 Å². The van der Waals surface area contributed by atoms with Crippen LogP contribution in [0.2, 0.25) is 0 Å². The molecule has 0 bridgehead atoms. The highest BCUT2D eigenvalue weighted by Crippen LogP contribution is 2.42. The van der Waals surface area contributed by atoms with Crippen molar-refractivity contribution in [2.45, 2.75) is 26.5 Å². The highest BCUT2D eigenvalue weighted by molar-refractivity contribution is 7.15. The molecule has 0 spiro atoms. The van der Waals surface area contributed by atoms with Gasteiger partial charge in [-0.3, -0.25) is 14.5 Å². The molecule has 1 N–H and O–H groups in total. The number of ketones is 1. The molecule has 7 nitrogen and oxygen atoms in total.